The molecular formula is C35H38ClN3O5S. The third-order valence-corrected chi connectivity index (χ3v) is 9.44. The number of carbonyl (C=O) groups excluding carboxylic acids is 2. The highest BCUT2D eigenvalue weighted by atomic mass is 35.5. The number of amides is 2. The largest absolute Gasteiger partial charge is 0.457 e. The molecule has 0 spiro atoms. The summed E-state index contributed by atoms with van der Waals surface area (Å²) in [5.74, 6) is 0.236. The van der Waals surface area contributed by atoms with Gasteiger partial charge in [-0.1, -0.05) is 79.0 Å². The van der Waals surface area contributed by atoms with Crippen molar-refractivity contribution in [3.63, 3.8) is 0 Å². The molecule has 45 heavy (non-hydrogen) atoms. The maximum atomic E-state index is 14.1. The molecule has 2 amide bonds. The van der Waals surface area contributed by atoms with Crippen molar-refractivity contribution in [1.82, 2.24) is 10.2 Å². The smallest absolute Gasteiger partial charge is 0.264 e. The van der Waals surface area contributed by atoms with Crippen LogP contribution in [-0.4, -0.2) is 44.3 Å². The van der Waals surface area contributed by atoms with Crippen LogP contribution in [0.3, 0.4) is 0 Å². The third-order valence-electron chi connectivity index (χ3n) is 7.29. The van der Waals surface area contributed by atoms with Gasteiger partial charge in [-0.05, 0) is 80.4 Å². The van der Waals surface area contributed by atoms with Crippen LogP contribution in [-0.2, 0) is 26.2 Å². The standard InChI is InChI=1S/C35H38ClN3O5S/c1-4-5-23-37-35(41)27(3)38(24-28-11-9-10-14-33(28)36)34(40)25-39(45(42,43)32-21-15-26(2)16-22-32)29-17-19-31(20-18-29)44-30-12-7-6-8-13-30/h6-22,27H,4-5,23-25H2,1-3H3,(H,37,41)/t27-/m0/s1. The van der Waals surface area contributed by atoms with E-state index in [4.69, 9.17) is 16.3 Å². The summed E-state index contributed by atoms with van der Waals surface area (Å²) in [4.78, 5) is 28.7. The Bertz CT molecular complexity index is 1680. The second-order valence-corrected chi connectivity index (χ2v) is 12.9. The number of nitrogens with one attached hydrogen (secondary N) is 1. The van der Waals surface area contributed by atoms with Gasteiger partial charge < -0.3 is 15.0 Å². The Kier molecular flexibility index (Phi) is 11.6. The fraction of sp³-hybridized carbons (Fsp3) is 0.257. The fourth-order valence-electron chi connectivity index (χ4n) is 4.60. The topological polar surface area (TPSA) is 96.0 Å². The van der Waals surface area contributed by atoms with Crippen LogP contribution in [0, 0.1) is 6.92 Å². The Hall–Kier alpha value is -4.34. The number of hydrogen-bond donors (Lipinski definition) is 1. The molecule has 4 aromatic carbocycles. The van der Waals surface area contributed by atoms with E-state index in [-0.39, 0.29) is 23.0 Å². The summed E-state index contributed by atoms with van der Waals surface area (Å²) >= 11 is 6.44. The first kappa shape index (κ1) is 33.6. The molecule has 4 aromatic rings. The lowest BCUT2D eigenvalue weighted by Gasteiger charge is -2.32. The van der Waals surface area contributed by atoms with Crippen molar-refractivity contribution in [3.05, 3.63) is 119 Å². The van der Waals surface area contributed by atoms with Crippen LogP contribution < -0.4 is 14.4 Å². The molecule has 0 saturated heterocycles. The SMILES string of the molecule is CCCCNC(=O)[C@H](C)N(Cc1ccccc1Cl)C(=O)CN(c1ccc(Oc2ccccc2)cc1)S(=O)(=O)c1ccc(C)cc1. The van der Waals surface area contributed by atoms with E-state index in [1.54, 1.807) is 67.6 Å². The van der Waals surface area contributed by atoms with E-state index >= 15 is 0 Å². The molecule has 0 aliphatic rings. The minimum Gasteiger partial charge on any atom is -0.457 e. The molecule has 0 saturated carbocycles. The lowest BCUT2D eigenvalue weighted by Crippen LogP contribution is -2.51. The van der Waals surface area contributed by atoms with Gasteiger partial charge in [-0.3, -0.25) is 13.9 Å². The monoisotopic (exact) mass is 647 g/mol. The van der Waals surface area contributed by atoms with Crippen LogP contribution in [0.25, 0.3) is 0 Å². The normalized spacial score (nSPS) is 11.8. The third kappa shape index (κ3) is 8.86. The van der Waals surface area contributed by atoms with Gasteiger partial charge in [0.2, 0.25) is 11.8 Å². The Morgan fingerprint density at radius 1 is 0.867 bits per heavy atom. The van der Waals surface area contributed by atoms with Gasteiger partial charge in [-0.2, -0.15) is 0 Å². The molecule has 1 atom stereocenters. The highest BCUT2D eigenvalue weighted by Crippen LogP contribution is 2.29. The number of anilines is 1. The number of sulfonamides is 1. The van der Waals surface area contributed by atoms with Crippen LogP contribution in [0.4, 0.5) is 5.69 Å². The summed E-state index contributed by atoms with van der Waals surface area (Å²) in [5.41, 5.74) is 1.80. The van der Waals surface area contributed by atoms with Crippen LogP contribution in [0.1, 0.15) is 37.8 Å². The molecule has 4 rings (SSSR count). The zero-order valence-corrected chi connectivity index (χ0v) is 27.2. The number of unbranched alkanes of at least 4 members (excludes halogenated alkanes) is 1. The van der Waals surface area contributed by atoms with Gasteiger partial charge in [-0.25, -0.2) is 8.42 Å². The molecule has 0 radical (unpaired) electrons. The molecule has 0 heterocycles. The average molecular weight is 648 g/mol. The first-order valence-electron chi connectivity index (χ1n) is 14.8. The number of ether oxygens (including phenoxy) is 1. The molecule has 0 unspecified atom stereocenters. The van der Waals surface area contributed by atoms with Crippen molar-refractivity contribution < 1.29 is 22.7 Å². The highest BCUT2D eigenvalue weighted by Gasteiger charge is 2.32. The number of para-hydroxylation sites is 1. The number of hydrogen-bond acceptors (Lipinski definition) is 5. The van der Waals surface area contributed by atoms with Gasteiger partial charge in [0.05, 0.1) is 10.6 Å². The maximum absolute atomic E-state index is 14.1. The summed E-state index contributed by atoms with van der Waals surface area (Å²) in [6.45, 7) is 5.45. The van der Waals surface area contributed by atoms with E-state index < -0.39 is 28.5 Å². The van der Waals surface area contributed by atoms with E-state index in [1.165, 1.54) is 17.0 Å². The predicted octanol–water partition coefficient (Wildman–Crippen LogP) is 6.97. The van der Waals surface area contributed by atoms with Crippen LogP contribution >= 0.6 is 11.6 Å². The summed E-state index contributed by atoms with van der Waals surface area (Å²) < 4.78 is 35.1. The minimum atomic E-state index is -4.20. The molecule has 8 nitrogen and oxygen atoms in total. The van der Waals surface area contributed by atoms with Gasteiger partial charge in [0.1, 0.15) is 24.1 Å². The number of rotatable bonds is 14. The molecule has 236 valence electrons. The van der Waals surface area contributed by atoms with Crippen molar-refractivity contribution >= 4 is 39.1 Å². The highest BCUT2D eigenvalue weighted by molar-refractivity contribution is 7.92. The molecule has 0 aliphatic heterocycles. The maximum Gasteiger partial charge on any atom is 0.264 e. The summed E-state index contributed by atoms with van der Waals surface area (Å²) in [5, 5.41) is 3.32. The Morgan fingerprint density at radius 3 is 2.13 bits per heavy atom. The van der Waals surface area contributed by atoms with Gasteiger partial charge in [0.15, 0.2) is 0 Å². The number of nitrogens with zero attached hydrogens (tertiary/aromatic N) is 2. The van der Waals surface area contributed by atoms with E-state index in [0.717, 1.165) is 22.7 Å². The van der Waals surface area contributed by atoms with Crippen molar-refractivity contribution in [2.24, 2.45) is 0 Å². The molecular weight excluding hydrogens is 610 g/mol. The quantitative estimate of drug-likeness (QED) is 0.149. The van der Waals surface area contributed by atoms with Crippen LogP contribution in [0.2, 0.25) is 5.02 Å². The Balaban J connectivity index is 1.69. The zero-order chi connectivity index (χ0) is 32.4. The number of benzene rings is 4. The van der Waals surface area contributed by atoms with E-state index in [9.17, 15) is 18.0 Å². The lowest BCUT2D eigenvalue weighted by molar-refractivity contribution is -0.139. The number of carbonyl (C=O) groups is 2. The first-order chi connectivity index (χ1) is 21.6. The second-order valence-electron chi connectivity index (χ2n) is 10.7. The first-order valence-corrected chi connectivity index (χ1v) is 16.6. The molecule has 0 aromatic heterocycles. The molecule has 0 aliphatic carbocycles. The van der Waals surface area contributed by atoms with Gasteiger partial charge >= 0.3 is 0 Å². The summed E-state index contributed by atoms with van der Waals surface area (Å²) in [6, 6.07) is 28.3. The van der Waals surface area contributed by atoms with Crippen molar-refractivity contribution in [3.8, 4) is 11.5 Å². The van der Waals surface area contributed by atoms with Gasteiger partial charge in [-0.15, -0.1) is 0 Å². The average Bonchev–Trinajstić information content (AvgIpc) is 3.04. The molecule has 0 bridgehead atoms. The van der Waals surface area contributed by atoms with E-state index in [0.29, 0.717) is 28.6 Å². The summed E-state index contributed by atoms with van der Waals surface area (Å²) in [7, 11) is -4.20. The minimum absolute atomic E-state index is 0.0170. The van der Waals surface area contributed by atoms with Crippen molar-refractivity contribution in [1.29, 1.82) is 0 Å². The predicted molar refractivity (Wildman–Crippen MR) is 178 cm³/mol. The van der Waals surface area contributed by atoms with Gasteiger partial charge in [0.25, 0.3) is 10.0 Å². The lowest BCUT2D eigenvalue weighted by atomic mass is 10.1. The summed E-state index contributed by atoms with van der Waals surface area (Å²) in [6.07, 6.45) is 1.70. The fourth-order valence-corrected chi connectivity index (χ4v) is 6.21. The van der Waals surface area contributed by atoms with Crippen molar-refractivity contribution in [2.45, 2.75) is 51.1 Å². The molecule has 1 N–H and O–H groups in total. The van der Waals surface area contributed by atoms with Crippen molar-refractivity contribution in [2.75, 3.05) is 17.4 Å². The van der Waals surface area contributed by atoms with E-state index in [2.05, 4.69) is 5.32 Å². The Labute approximate surface area is 270 Å². The second kappa shape index (κ2) is 15.6. The van der Waals surface area contributed by atoms with E-state index in [1.807, 2.05) is 44.2 Å². The Morgan fingerprint density at radius 2 is 1.49 bits per heavy atom. The van der Waals surface area contributed by atoms with Crippen LogP contribution in [0.5, 0.6) is 11.5 Å². The zero-order valence-electron chi connectivity index (χ0n) is 25.6. The molecule has 0 fully saturated rings. The van der Waals surface area contributed by atoms with Crippen LogP contribution in [0.15, 0.2) is 108 Å². The van der Waals surface area contributed by atoms with Gasteiger partial charge in [0, 0.05) is 18.1 Å². The number of aryl methyl sites for hydroxylation is 1. The number of halogens is 1. The molecule has 10 heteroatoms.